The predicted octanol–water partition coefficient (Wildman–Crippen LogP) is 2.56. The van der Waals surface area contributed by atoms with E-state index in [4.69, 9.17) is 0 Å². The van der Waals surface area contributed by atoms with Gasteiger partial charge in [0.05, 0.1) is 4.90 Å². The van der Waals surface area contributed by atoms with Crippen molar-refractivity contribution in [1.82, 2.24) is 14.8 Å². The molecule has 21 heavy (non-hydrogen) atoms. The van der Waals surface area contributed by atoms with Gasteiger partial charge in [0.1, 0.15) is 5.82 Å². The van der Waals surface area contributed by atoms with Gasteiger partial charge in [-0.05, 0) is 31.4 Å². The summed E-state index contributed by atoms with van der Waals surface area (Å²) in [6, 6.07) is 5.53. The molecule has 114 valence electrons. The second-order valence-corrected chi connectivity index (χ2v) is 6.68. The molecule has 0 spiro atoms. The molecule has 5 nitrogen and oxygen atoms in total. The van der Waals surface area contributed by atoms with Crippen LogP contribution >= 0.6 is 0 Å². The lowest BCUT2D eigenvalue weighted by Gasteiger charge is -2.09. The van der Waals surface area contributed by atoms with E-state index in [0.717, 1.165) is 11.1 Å². The van der Waals surface area contributed by atoms with E-state index in [1.807, 2.05) is 45.9 Å². The van der Waals surface area contributed by atoms with Crippen molar-refractivity contribution in [3.05, 3.63) is 35.2 Å². The van der Waals surface area contributed by atoms with Crippen molar-refractivity contribution in [1.29, 1.82) is 0 Å². The van der Waals surface area contributed by atoms with Gasteiger partial charge in [0.25, 0.3) is 5.16 Å². The second kappa shape index (κ2) is 5.97. The fourth-order valence-electron chi connectivity index (χ4n) is 2.45. The molecule has 0 aliphatic heterocycles. The number of nitrogens with zero attached hydrogens (tertiary/aromatic N) is 3. The highest BCUT2D eigenvalue weighted by molar-refractivity contribution is 7.91. The number of hydrogen-bond acceptors (Lipinski definition) is 4. The Morgan fingerprint density at radius 1 is 1.14 bits per heavy atom. The van der Waals surface area contributed by atoms with Crippen molar-refractivity contribution in [3.63, 3.8) is 0 Å². The lowest BCUT2D eigenvalue weighted by molar-refractivity contribution is 0.574. The summed E-state index contributed by atoms with van der Waals surface area (Å²) in [6.07, 6.45) is 1.32. The van der Waals surface area contributed by atoms with Gasteiger partial charge in [-0.15, -0.1) is 5.10 Å². The average Bonchev–Trinajstić information content (AvgIpc) is 2.90. The van der Waals surface area contributed by atoms with Crippen molar-refractivity contribution < 1.29 is 8.42 Å². The van der Waals surface area contributed by atoms with E-state index in [0.29, 0.717) is 30.1 Å². The first-order valence-electron chi connectivity index (χ1n) is 7.22. The van der Waals surface area contributed by atoms with Gasteiger partial charge >= 0.3 is 0 Å². The maximum Gasteiger partial charge on any atom is 0.271 e. The molecule has 0 saturated carbocycles. The monoisotopic (exact) mass is 307 g/mol. The first-order valence-corrected chi connectivity index (χ1v) is 8.71. The van der Waals surface area contributed by atoms with Gasteiger partial charge in [-0.1, -0.05) is 32.0 Å². The summed E-state index contributed by atoms with van der Waals surface area (Å²) in [5, 5.41) is 4.09. The summed E-state index contributed by atoms with van der Waals surface area (Å²) in [7, 11) is -3.68. The molecule has 0 radical (unpaired) electrons. The Morgan fingerprint density at radius 3 is 2.38 bits per heavy atom. The van der Waals surface area contributed by atoms with Crippen molar-refractivity contribution in [2.45, 2.75) is 57.1 Å². The molecule has 0 bridgehead atoms. The fraction of sp³-hybridized carbons (Fsp3) is 0.467. The molecule has 6 heteroatoms. The molecule has 0 aliphatic carbocycles. The molecule has 0 aliphatic rings. The Morgan fingerprint density at radius 2 is 1.86 bits per heavy atom. The predicted molar refractivity (Wildman–Crippen MR) is 81.1 cm³/mol. The molecule has 0 atom stereocenters. The SMILES string of the molecule is CCc1cccc(C)c1S(=O)(=O)c1nc(CC)n(CC)n1. The number of rotatable bonds is 5. The lowest BCUT2D eigenvalue weighted by Crippen LogP contribution is -2.10. The normalized spacial score (nSPS) is 11.8. The number of benzene rings is 1. The number of aromatic nitrogens is 3. The maximum atomic E-state index is 12.9. The molecule has 0 fully saturated rings. The zero-order valence-corrected chi connectivity index (χ0v) is 13.7. The molecule has 1 aromatic heterocycles. The average molecular weight is 307 g/mol. The van der Waals surface area contributed by atoms with Gasteiger partial charge in [-0.25, -0.2) is 18.1 Å². The molecular formula is C15H21N3O2S. The third-order valence-electron chi connectivity index (χ3n) is 3.53. The number of hydrogen-bond donors (Lipinski definition) is 0. The maximum absolute atomic E-state index is 12.9. The van der Waals surface area contributed by atoms with E-state index >= 15 is 0 Å². The molecule has 0 unspecified atom stereocenters. The number of aryl methyl sites for hydroxylation is 4. The Labute approximate surface area is 125 Å². The van der Waals surface area contributed by atoms with Crippen LogP contribution in [0.2, 0.25) is 0 Å². The van der Waals surface area contributed by atoms with Crippen LogP contribution in [0, 0.1) is 6.92 Å². The summed E-state index contributed by atoms with van der Waals surface area (Å²) < 4.78 is 27.4. The van der Waals surface area contributed by atoms with Crippen LogP contribution in [-0.2, 0) is 29.2 Å². The van der Waals surface area contributed by atoms with Crippen molar-refractivity contribution in [2.75, 3.05) is 0 Å². The standard InChI is InChI=1S/C15H21N3O2S/c1-5-12-10-8-9-11(4)14(12)21(19,20)15-16-13(6-2)18(7-3)17-15/h8-10H,5-7H2,1-4H3. The van der Waals surface area contributed by atoms with Crippen LogP contribution in [0.5, 0.6) is 0 Å². The van der Waals surface area contributed by atoms with E-state index < -0.39 is 9.84 Å². The molecule has 0 saturated heterocycles. The Bertz CT molecular complexity index is 727. The molecule has 2 aromatic rings. The minimum absolute atomic E-state index is 0.0924. The van der Waals surface area contributed by atoms with Gasteiger partial charge < -0.3 is 0 Å². The van der Waals surface area contributed by atoms with Crippen LogP contribution in [0.3, 0.4) is 0 Å². The van der Waals surface area contributed by atoms with Crippen molar-refractivity contribution >= 4 is 9.84 Å². The summed E-state index contributed by atoms with van der Waals surface area (Å²) >= 11 is 0. The summed E-state index contributed by atoms with van der Waals surface area (Å²) in [5.41, 5.74) is 1.54. The van der Waals surface area contributed by atoms with E-state index in [-0.39, 0.29) is 5.16 Å². The molecular weight excluding hydrogens is 286 g/mol. The molecule has 1 heterocycles. The highest BCUT2D eigenvalue weighted by Gasteiger charge is 2.28. The summed E-state index contributed by atoms with van der Waals surface area (Å²) in [5.74, 6) is 0.697. The quantitative estimate of drug-likeness (QED) is 0.851. The van der Waals surface area contributed by atoms with Crippen LogP contribution in [0.4, 0.5) is 0 Å². The summed E-state index contributed by atoms with van der Waals surface area (Å²) in [6.45, 7) is 8.24. The van der Waals surface area contributed by atoms with E-state index in [2.05, 4.69) is 10.1 Å². The van der Waals surface area contributed by atoms with Gasteiger partial charge in [0.15, 0.2) is 0 Å². The van der Waals surface area contributed by atoms with Crippen molar-refractivity contribution in [3.8, 4) is 0 Å². The Balaban J connectivity index is 2.65. The minimum Gasteiger partial charge on any atom is -0.249 e. The number of sulfone groups is 1. The van der Waals surface area contributed by atoms with Crippen LogP contribution in [0.15, 0.2) is 28.3 Å². The molecule has 0 amide bonds. The Kier molecular flexibility index (Phi) is 4.46. The minimum atomic E-state index is -3.68. The smallest absolute Gasteiger partial charge is 0.249 e. The fourth-order valence-corrected chi connectivity index (χ4v) is 4.11. The molecule has 1 aromatic carbocycles. The lowest BCUT2D eigenvalue weighted by atomic mass is 10.1. The highest BCUT2D eigenvalue weighted by atomic mass is 32.2. The highest BCUT2D eigenvalue weighted by Crippen LogP contribution is 2.26. The van der Waals surface area contributed by atoms with E-state index in [1.54, 1.807) is 4.68 Å². The second-order valence-electron chi connectivity index (χ2n) is 4.90. The zero-order valence-electron chi connectivity index (χ0n) is 12.9. The Hall–Kier alpha value is -1.69. The summed E-state index contributed by atoms with van der Waals surface area (Å²) in [4.78, 5) is 4.58. The molecule has 0 N–H and O–H groups in total. The van der Waals surface area contributed by atoms with Crippen LogP contribution < -0.4 is 0 Å². The van der Waals surface area contributed by atoms with Gasteiger partial charge in [-0.2, -0.15) is 0 Å². The zero-order chi connectivity index (χ0) is 15.6. The third-order valence-corrected chi connectivity index (χ3v) is 5.30. The van der Waals surface area contributed by atoms with E-state index in [9.17, 15) is 8.42 Å². The topological polar surface area (TPSA) is 64.8 Å². The third kappa shape index (κ3) is 2.72. The van der Waals surface area contributed by atoms with Gasteiger partial charge in [-0.3, -0.25) is 0 Å². The first kappa shape index (κ1) is 15.7. The first-order chi connectivity index (χ1) is 9.95. The van der Waals surface area contributed by atoms with E-state index in [1.165, 1.54) is 0 Å². The van der Waals surface area contributed by atoms with Crippen LogP contribution in [0.25, 0.3) is 0 Å². The van der Waals surface area contributed by atoms with Gasteiger partial charge in [0, 0.05) is 13.0 Å². The molecule has 2 rings (SSSR count). The van der Waals surface area contributed by atoms with Crippen LogP contribution in [-0.4, -0.2) is 23.2 Å². The van der Waals surface area contributed by atoms with Crippen LogP contribution in [0.1, 0.15) is 37.7 Å². The largest absolute Gasteiger partial charge is 0.271 e. The van der Waals surface area contributed by atoms with Gasteiger partial charge in [0.2, 0.25) is 9.84 Å². The van der Waals surface area contributed by atoms with Crippen molar-refractivity contribution in [2.24, 2.45) is 0 Å².